The molecule has 2 aromatic carbocycles. The van der Waals surface area contributed by atoms with Gasteiger partial charge in [-0.2, -0.15) is 13.2 Å². The number of carbonyl (C=O) groups excluding carboxylic acids is 3. The standard InChI is InChI=1S/C28H28F3N3O3/c1-2-18-15-33(14-17-3-6-21(7-4-17)28(29,30)31)12-11-22(18)19-5-8-23-20(13-19)16-34(27(23)37)24-9-10-25(35)32-26(24)36/h3-8,11,13,18,24H,2,9-10,12,14-16H2,1H3,(H,32,35,36). The molecular formula is C28H28F3N3O3. The van der Waals surface area contributed by atoms with Gasteiger partial charge in [0.1, 0.15) is 6.04 Å². The number of alkyl halides is 3. The minimum atomic E-state index is -4.34. The zero-order valence-corrected chi connectivity index (χ0v) is 20.5. The van der Waals surface area contributed by atoms with Crippen molar-refractivity contribution in [3.05, 3.63) is 76.4 Å². The van der Waals surface area contributed by atoms with Crippen LogP contribution in [0.4, 0.5) is 13.2 Å². The number of fused-ring (bicyclic) bond motifs is 1. The van der Waals surface area contributed by atoms with Crippen LogP contribution in [0.15, 0.2) is 48.5 Å². The van der Waals surface area contributed by atoms with E-state index in [0.29, 0.717) is 31.6 Å². The zero-order valence-electron chi connectivity index (χ0n) is 20.5. The number of rotatable bonds is 5. The number of nitrogens with one attached hydrogen (secondary N) is 1. The van der Waals surface area contributed by atoms with Crippen LogP contribution in [-0.4, -0.2) is 46.7 Å². The molecule has 194 valence electrons. The summed E-state index contributed by atoms with van der Waals surface area (Å²) in [5, 5.41) is 2.33. The first kappa shape index (κ1) is 25.2. The molecule has 0 bridgehead atoms. The molecule has 3 aliphatic heterocycles. The molecule has 0 aliphatic carbocycles. The highest BCUT2D eigenvalue weighted by Gasteiger charge is 2.39. The van der Waals surface area contributed by atoms with E-state index in [1.165, 1.54) is 17.7 Å². The van der Waals surface area contributed by atoms with Gasteiger partial charge in [-0.05, 0) is 65.3 Å². The highest BCUT2D eigenvalue weighted by atomic mass is 19.4. The Morgan fingerprint density at radius 3 is 2.49 bits per heavy atom. The molecule has 2 aromatic rings. The Morgan fingerprint density at radius 1 is 1.05 bits per heavy atom. The van der Waals surface area contributed by atoms with Gasteiger partial charge >= 0.3 is 6.18 Å². The molecule has 2 atom stereocenters. The summed E-state index contributed by atoms with van der Waals surface area (Å²) in [6.45, 7) is 4.46. The van der Waals surface area contributed by atoms with Crippen molar-refractivity contribution in [2.45, 2.75) is 51.5 Å². The lowest BCUT2D eigenvalue weighted by atomic mass is 9.86. The molecule has 0 saturated carbocycles. The molecule has 9 heteroatoms. The number of halogens is 3. The van der Waals surface area contributed by atoms with Crippen LogP contribution in [-0.2, 0) is 28.9 Å². The van der Waals surface area contributed by atoms with Crippen molar-refractivity contribution in [2.75, 3.05) is 13.1 Å². The fraction of sp³-hybridized carbons (Fsp3) is 0.393. The van der Waals surface area contributed by atoms with E-state index in [0.717, 1.165) is 41.8 Å². The van der Waals surface area contributed by atoms with E-state index >= 15 is 0 Å². The average Bonchev–Trinajstić information content (AvgIpc) is 3.19. The topological polar surface area (TPSA) is 69.7 Å². The first-order chi connectivity index (χ1) is 17.6. The number of piperidine rings is 1. The van der Waals surface area contributed by atoms with Crippen LogP contribution in [0.3, 0.4) is 0 Å². The fourth-order valence-electron chi connectivity index (χ4n) is 5.52. The van der Waals surface area contributed by atoms with E-state index in [4.69, 9.17) is 0 Å². The quantitative estimate of drug-likeness (QED) is 0.605. The van der Waals surface area contributed by atoms with Crippen LogP contribution in [0.1, 0.15) is 58.8 Å². The van der Waals surface area contributed by atoms with Gasteiger partial charge in [-0.1, -0.05) is 31.2 Å². The van der Waals surface area contributed by atoms with Gasteiger partial charge in [-0.3, -0.25) is 24.6 Å². The van der Waals surface area contributed by atoms with Crippen LogP contribution < -0.4 is 5.32 Å². The number of hydrogen-bond acceptors (Lipinski definition) is 4. The molecule has 1 saturated heterocycles. The van der Waals surface area contributed by atoms with E-state index in [2.05, 4.69) is 23.2 Å². The van der Waals surface area contributed by atoms with E-state index in [1.54, 1.807) is 4.90 Å². The van der Waals surface area contributed by atoms with Crippen molar-refractivity contribution in [3.8, 4) is 0 Å². The summed E-state index contributed by atoms with van der Waals surface area (Å²) in [6, 6.07) is 10.5. The molecule has 6 nitrogen and oxygen atoms in total. The minimum Gasteiger partial charge on any atom is -0.322 e. The number of carbonyl (C=O) groups is 3. The second-order valence-electron chi connectivity index (χ2n) is 9.93. The van der Waals surface area contributed by atoms with E-state index < -0.39 is 23.7 Å². The third kappa shape index (κ3) is 5.05. The Hall–Kier alpha value is -3.46. The van der Waals surface area contributed by atoms with Crippen LogP contribution in [0.25, 0.3) is 5.57 Å². The van der Waals surface area contributed by atoms with E-state index in [9.17, 15) is 27.6 Å². The van der Waals surface area contributed by atoms with Crippen molar-refractivity contribution in [2.24, 2.45) is 5.92 Å². The van der Waals surface area contributed by atoms with Gasteiger partial charge < -0.3 is 4.90 Å². The summed E-state index contributed by atoms with van der Waals surface area (Å²) in [5.41, 5.74) is 3.88. The average molecular weight is 512 g/mol. The summed E-state index contributed by atoms with van der Waals surface area (Å²) in [4.78, 5) is 40.6. The molecule has 3 amide bonds. The van der Waals surface area contributed by atoms with Crippen LogP contribution in [0, 0.1) is 5.92 Å². The van der Waals surface area contributed by atoms with Crippen molar-refractivity contribution in [1.82, 2.24) is 15.1 Å². The van der Waals surface area contributed by atoms with Gasteiger partial charge in [-0.25, -0.2) is 0 Å². The summed E-state index contributed by atoms with van der Waals surface area (Å²) in [6.07, 6.45) is -0.731. The van der Waals surface area contributed by atoms with E-state index in [-0.39, 0.29) is 24.2 Å². The maximum Gasteiger partial charge on any atom is 0.416 e. The Morgan fingerprint density at radius 2 is 1.81 bits per heavy atom. The lowest BCUT2D eigenvalue weighted by molar-refractivity contribution is -0.138. The first-order valence-corrected chi connectivity index (χ1v) is 12.5. The Balaban J connectivity index is 1.30. The highest BCUT2D eigenvalue weighted by Crippen LogP contribution is 2.35. The molecule has 0 spiro atoms. The lowest BCUT2D eigenvalue weighted by Gasteiger charge is -2.33. The normalized spacial score (nSPS) is 22.6. The Bertz CT molecular complexity index is 1270. The largest absolute Gasteiger partial charge is 0.416 e. The third-order valence-corrected chi connectivity index (χ3v) is 7.52. The molecule has 5 rings (SSSR count). The minimum absolute atomic E-state index is 0.191. The number of imide groups is 1. The van der Waals surface area contributed by atoms with Crippen LogP contribution >= 0.6 is 0 Å². The van der Waals surface area contributed by atoms with E-state index in [1.807, 2.05) is 18.2 Å². The van der Waals surface area contributed by atoms with Gasteiger partial charge in [-0.15, -0.1) is 0 Å². The van der Waals surface area contributed by atoms with Crippen LogP contribution in [0.2, 0.25) is 0 Å². The third-order valence-electron chi connectivity index (χ3n) is 7.52. The highest BCUT2D eigenvalue weighted by molar-refractivity contribution is 6.05. The Labute approximate surface area is 213 Å². The maximum absolute atomic E-state index is 13.0. The molecule has 3 heterocycles. The zero-order chi connectivity index (χ0) is 26.3. The summed E-state index contributed by atoms with van der Waals surface area (Å²) in [7, 11) is 0. The second-order valence-corrected chi connectivity index (χ2v) is 9.93. The Kier molecular flexibility index (Phi) is 6.66. The summed E-state index contributed by atoms with van der Waals surface area (Å²) < 4.78 is 38.6. The maximum atomic E-state index is 13.0. The number of benzene rings is 2. The fourth-order valence-corrected chi connectivity index (χ4v) is 5.52. The van der Waals surface area contributed by atoms with Crippen LogP contribution in [0.5, 0.6) is 0 Å². The van der Waals surface area contributed by atoms with Crippen molar-refractivity contribution < 1.29 is 27.6 Å². The van der Waals surface area contributed by atoms with Gasteiger partial charge in [0.2, 0.25) is 11.8 Å². The monoisotopic (exact) mass is 511 g/mol. The first-order valence-electron chi connectivity index (χ1n) is 12.5. The van der Waals surface area contributed by atoms with Gasteiger partial charge in [0, 0.05) is 38.2 Å². The summed E-state index contributed by atoms with van der Waals surface area (Å²) >= 11 is 0. The number of amides is 3. The molecule has 0 radical (unpaired) electrons. The molecular weight excluding hydrogens is 483 g/mol. The number of nitrogens with zero attached hydrogens (tertiary/aromatic N) is 2. The predicted octanol–water partition coefficient (Wildman–Crippen LogP) is 4.39. The van der Waals surface area contributed by atoms with Crippen molar-refractivity contribution in [3.63, 3.8) is 0 Å². The van der Waals surface area contributed by atoms with Gasteiger partial charge in [0.05, 0.1) is 5.56 Å². The summed E-state index contributed by atoms with van der Waals surface area (Å²) in [5.74, 6) is -0.685. The van der Waals surface area contributed by atoms with Gasteiger partial charge in [0.15, 0.2) is 0 Å². The molecule has 2 unspecified atom stereocenters. The second kappa shape index (κ2) is 9.78. The molecule has 3 aliphatic rings. The smallest absolute Gasteiger partial charge is 0.322 e. The molecule has 1 fully saturated rings. The lowest BCUT2D eigenvalue weighted by Crippen LogP contribution is -2.52. The molecule has 0 aromatic heterocycles. The van der Waals surface area contributed by atoms with Gasteiger partial charge in [0.25, 0.3) is 5.91 Å². The molecule has 1 N–H and O–H groups in total. The predicted molar refractivity (Wildman–Crippen MR) is 131 cm³/mol. The molecule has 37 heavy (non-hydrogen) atoms. The number of hydrogen-bond donors (Lipinski definition) is 1. The van der Waals surface area contributed by atoms with Crippen molar-refractivity contribution >= 4 is 23.3 Å². The van der Waals surface area contributed by atoms with Crippen molar-refractivity contribution in [1.29, 1.82) is 0 Å². The SMILES string of the molecule is CCC1CN(Cc2ccc(C(F)(F)F)cc2)CC=C1c1ccc2c(c1)CN(C1CCC(=O)NC1=O)C2=O.